The molecule has 116 valence electrons. The van der Waals surface area contributed by atoms with Crippen LogP contribution in [0.3, 0.4) is 0 Å². The zero-order chi connectivity index (χ0) is 15.5. The Hall–Kier alpha value is -1.04. The lowest BCUT2D eigenvalue weighted by atomic mass is 9.89. The predicted octanol–water partition coefficient (Wildman–Crippen LogP) is 4.39. The molecule has 1 aliphatic rings. The van der Waals surface area contributed by atoms with E-state index in [2.05, 4.69) is 21.2 Å². The van der Waals surface area contributed by atoms with Crippen LogP contribution in [0.15, 0.2) is 24.3 Å². The SMILES string of the molecule is O=C(NCC1CCCC(Br)C1)c1cccc(C(F)(F)F)c1. The average Bonchev–Trinajstić information content (AvgIpc) is 2.44. The molecule has 0 bridgehead atoms. The van der Waals surface area contributed by atoms with Gasteiger partial charge in [-0.3, -0.25) is 4.79 Å². The molecule has 0 spiro atoms. The summed E-state index contributed by atoms with van der Waals surface area (Å²) in [5.74, 6) is -0.0596. The first kappa shape index (κ1) is 16.3. The summed E-state index contributed by atoms with van der Waals surface area (Å²) in [5, 5.41) is 2.74. The maximum atomic E-state index is 12.6. The Balaban J connectivity index is 1.94. The lowest BCUT2D eigenvalue weighted by Crippen LogP contribution is -2.32. The van der Waals surface area contributed by atoms with Crippen molar-refractivity contribution in [1.82, 2.24) is 5.32 Å². The third-order valence-electron chi connectivity index (χ3n) is 3.72. The maximum Gasteiger partial charge on any atom is 0.416 e. The van der Waals surface area contributed by atoms with Crippen molar-refractivity contribution >= 4 is 21.8 Å². The molecule has 1 aromatic carbocycles. The molecule has 0 heterocycles. The van der Waals surface area contributed by atoms with E-state index >= 15 is 0 Å². The zero-order valence-corrected chi connectivity index (χ0v) is 13.0. The van der Waals surface area contributed by atoms with Crippen molar-refractivity contribution in [1.29, 1.82) is 0 Å². The van der Waals surface area contributed by atoms with Crippen molar-refractivity contribution in [3.63, 3.8) is 0 Å². The maximum absolute atomic E-state index is 12.6. The minimum Gasteiger partial charge on any atom is -0.352 e. The molecule has 2 rings (SSSR count). The van der Waals surface area contributed by atoms with E-state index in [0.29, 0.717) is 17.3 Å². The summed E-state index contributed by atoms with van der Waals surface area (Å²) in [6.45, 7) is 0.511. The molecule has 1 aliphatic carbocycles. The van der Waals surface area contributed by atoms with E-state index < -0.39 is 17.6 Å². The molecule has 1 N–H and O–H groups in total. The van der Waals surface area contributed by atoms with Crippen LogP contribution in [0.5, 0.6) is 0 Å². The zero-order valence-electron chi connectivity index (χ0n) is 11.4. The number of rotatable bonds is 3. The number of carbonyl (C=O) groups is 1. The quantitative estimate of drug-likeness (QED) is 0.792. The van der Waals surface area contributed by atoms with E-state index in [0.717, 1.165) is 37.8 Å². The summed E-state index contributed by atoms with van der Waals surface area (Å²) < 4.78 is 37.8. The van der Waals surface area contributed by atoms with Gasteiger partial charge in [0.2, 0.25) is 0 Å². The summed E-state index contributed by atoms with van der Waals surface area (Å²) in [6.07, 6.45) is -0.144. The van der Waals surface area contributed by atoms with Gasteiger partial charge >= 0.3 is 6.18 Å². The van der Waals surface area contributed by atoms with Gasteiger partial charge in [0.05, 0.1) is 5.56 Å². The summed E-state index contributed by atoms with van der Waals surface area (Å²) in [7, 11) is 0. The van der Waals surface area contributed by atoms with Gasteiger partial charge in [-0.1, -0.05) is 28.4 Å². The van der Waals surface area contributed by atoms with Crippen LogP contribution in [0.1, 0.15) is 41.6 Å². The second kappa shape index (κ2) is 6.81. The van der Waals surface area contributed by atoms with Crippen LogP contribution in [-0.4, -0.2) is 17.3 Å². The molecule has 2 unspecified atom stereocenters. The van der Waals surface area contributed by atoms with Gasteiger partial charge in [0.25, 0.3) is 5.91 Å². The Bertz CT molecular complexity index is 504. The molecule has 1 fully saturated rings. The van der Waals surface area contributed by atoms with Crippen LogP contribution >= 0.6 is 15.9 Å². The number of halogens is 4. The van der Waals surface area contributed by atoms with Gasteiger partial charge in [-0.2, -0.15) is 13.2 Å². The molecule has 0 radical (unpaired) electrons. The van der Waals surface area contributed by atoms with E-state index in [-0.39, 0.29) is 5.56 Å². The summed E-state index contributed by atoms with van der Waals surface area (Å²) >= 11 is 3.57. The first-order valence-electron chi connectivity index (χ1n) is 6.96. The van der Waals surface area contributed by atoms with Crippen molar-refractivity contribution in [3.8, 4) is 0 Å². The minimum atomic E-state index is -4.43. The number of carbonyl (C=O) groups excluding carboxylic acids is 1. The smallest absolute Gasteiger partial charge is 0.352 e. The van der Waals surface area contributed by atoms with Gasteiger partial charge in [-0.05, 0) is 43.4 Å². The highest BCUT2D eigenvalue weighted by molar-refractivity contribution is 9.09. The Morgan fingerprint density at radius 1 is 1.33 bits per heavy atom. The fourth-order valence-electron chi connectivity index (χ4n) is 2.59. The lowest BCUT2D eigenvalue weighted by molar-refractivity contribution is -0.137. The first-order valence-corrected chi connectivity index (χ1v) is 7.87. The second-order valence-corrected chi connectivity index (χ2v) is 6.71. The van der Waals surface area contributed by atoms with E-state index in [4.69, 9.17) is 0 Å². The molecule has 2 atom stereocenters. The van der Waals surface area contributed by atoms with Gasteiger partial charge in [-0.15, -0.1) is 0 Å². The molecule has 0 aromatic heterocycles. The van der Waals surface area contributed by atoms with E-state index in [1.807, 2.05) is 0 Å². The third kappa shape index (κ3) is 4.73. The fourth-order valence-corrected chi connectivity index (χ4v) is 3.44. The number of hydrogen-bond acceptors (Lipinski definition) is 1. The molecule has 21 heavy (non-hydrogen) atoms. The first-order chi connectivity index (χ1) is 9.86. The van der Waals surface area contributed by atoms with Crippen molar-refractivity contribution in [2.45, 2.75) is 36.7 Å². The fraction of sp³-hybridized carbons (Fsp3) is 0.533. The van der Waals surface area contributed by atoms with E-state index in [1.54, 1.807) is 0 Å². The monoisotopic (exact) mass is 363 g/mol. The van der Waals surface area contributed by atoms with Crippen LogP contribution < -0.4 is 5.32 Å². The number of benzene rings is 1. The molecule has 0 aliphatic heterocycles. The van der Waals surface area contributed by atoms with Gasteiger partial charge in [0.15, 0.2) is 0 Å². The Morgan fingerprint density at radius 3 is 2.76 bits per heavy atom. The molecule has 6 heteroatoms. The molecular formula is C15H17BrF3NO. The molecule has 1 aromatic rings. The van der Waals surface area contributed by atoms with Crippen molar-refractivity contribution in [2.24, 2.45) is 5.92 Å². The average molecular weight is 364 g/mol. The van der Waals surface area contributed by atoms with Crippen LogP contribution in [-0.2, 0) is 6.18 Å². The van der Waals surface area contributed by atoms with Crippen molar-refractivity contribution in [3.05, 3.63) is 35.4 Å². The number of nitrogens with one attached hydrogen (secondary N) is 1. The van der Waals surface area contributed by atoms with Crippen molar-refractivity contribution < 1.29 is 18.0 Å². The Labute approximate surface area is 130 Å². The summed E-state index contributed by atoms with van der Waals surface area (Å²) in [4.78, 5) is 12.4. The second-order valence-electron chi connectivity index (χ2n) is 5.42. The highest BCUT2D eigenvalue weighted by Gasteiger charge is 2.31. The van der Waals surface area contributed by atoms with Gasteiger partial charge in [0, 0.05) is 16.9 Å². The molecular weight excluding hydrogens is 347 g/mol. The standard InChI is InChI=1S/C15H17BrF3NO/c16-13-6-1-3-10(7-13)9-20-14(21)11-4-2-5-12(8-11)15(17,18)19/h2,4-5,8,10,13H,1,3,6-7,9H2,(H,20,21). The number of alkyl halides is 4. The van der Waals surface area contributed by atoms with E-state index in [9.17, 15) is 18.0 Å². The molecule has 2 nitrogen and oxygen atoms in total. The van der Waals surface area contributed by atoms with Crippen LogP contribution in [0, 0.1) is 5.92 Å². The topological polar surface area (TPSA) is 29.1 Å². The largest absolute Gasteiger partial charge is 0.416 e. The Kier molecular flexibility index (Phi) is 5.30. The molecule has 1 saturated carbocycles. The highest BCUT2D eigenvalue weighted by Crippen LogP contribution is 2.30. The van der Waals surface area contributed by atoms with Crippen LogP contribution in [0.2, 0.25) is 0 Å². The van der Waals surface area contributed by atoms with Gasteiger partial charge < -0.3 is 5.32 Å². The van der Waals surface area contributed by atoms with Crippen LogP contribution in [0.4, 0.5) is 13.2 Å². The molecule has 1 amide bonds. The van der Waals surface area contributed by atoms with Gasteiger partial charge in [0.1, 0.15) is 0 Å². The number of hydrogen-bond donors (Lipinski definition) is 1. The molecule has 0 saturated heterocycles. The predicted molar refractivity (Wildman–Crippen MR) is 78.5 cm³/mol. The number of amides is 1. The normalized spacial score (nSPS) is 22.9. The third-order valence-corrected chi connectivity index (χ3v) is 4.55. The minimum absolute atomic E-state index is 0.0519. The highest BCUT2D eigenvalue weighted by atomic mass is 79.9. The lowest BCUT2D eigenvalue weighted by Gasteiger charge is -2.25. The summed E-state index contributed by atoms with van der Waals surface area (Å²) in [5.41, 5.74) is -0.746. The van der Waals surface area contributed by atoms with Crippen LogP contribution in [0.25, 0.3) is 0 Å². The van der Waals surface area contributed by atoms with Crippen molar-refractivity contribution in [2.75, 3.05) is 6.54 Å². The van der Waals surface area contributed by atoms with Gasteiger partial charge in [-0.25, -0.2) is 0 Å². The summed E-state index contributed by atoms with van der Waals surface area (Å²) in [6, 6.07) is 4.52. The Morgan fingerprint density at radius 2 is 2.10 bits per heavy atom. The van der Waals surface area contributed by atoms with E-state index in [1.165, 1.54) is 12.1 Å².